The van der Waals surface area contributed by atoms with Gasteiger partial charge >= 0.3 is 0 Å². The summed E-state index contributed by atoms with van der Waals surface area (Å²) in [6.07, 6.45) is 5.38. The summed E-state index contributed by atoms with van der Waals surface area (Å²) in [4.78, 5) is 2.56. The zero-order chi connectivity index (χ0) is 6.97. The summed E-state index contributed by atoms with van der Waals surface area (Å²) in [6.45, 7) is 2.61. The Morgan fingerprint density at radius 2 is 1.80 bits per heavy atom. The molecule has 2 fully saturated rings. The number of hydrogen-bond acceptors (Lipinski definition) is 2. The molecule has 0 amide bonds. The summed E-state index contributed by atoms with van der Waals surface area (Å²) in [5.41, 5.74) is 5.86. The number of hydrogen-bond donors (Lipinski definition) is 1. The van der Waals surface area contributed by atoms with Crippen LogP contribution in [0.3, 0.4) is 0 Å². The molecular weight excluding hydrogens is 124 g/mol. The topological polar surface area (TPSA) is 29.3 Å². The van der Waals surface area contributed by atoms with Gasteiger partial charge in [0.25, 0.3) is 0 Å². The van der Waals surface area contributed by atoms with Gasteiger partial charge in [0.15, 0.2) is 0 Å². The van der Waals surface area contributed by atoms with Gasteiger partial charge in [-0.25, -0.2) is 0 Å². The van der Waals surface area contributed by atoms with E-state index in [0.717, 1.165) is 6.04 Å². The van der Waals surface area contributed by atoms with Gasteiger partial charge < -0.3 is 5.73 Å². The summed E-state index contributed by atoms with van der Waals surface area (Å²) in [7, 11) is 0. The lowest BCUT2D eigenvalue weighted by Gasteiger charge is -2.40. The van der Waals surface area contributed by atoms with Crippen LogP contribution in [0.15, 0.2) is 0 Å². The van der Waals surface area contributed by atoms with Crippen molar-refractivity contribution in [2.75, 3.05) is 13.1 Å². The van der Waals surface area contributed by atoms with Crippen LogP contribution < -0.4 is 5.73 Å². The molecule has 2 rings (SSSR count). The predicted molar refractivity (Wildman–Crippen MR) is 41.8 cm³/mol. The molecule has 0 aromatic heterocycles. The molecule has 2 N–H and O–H groups in total. The van der Waals surface area contributed by atoms with Crippen LogP contribution in [0.4, 0.5) is 0 Å². The van der Waals surface area contributed by atoms with Crippen LogP contribution in [0.25, 0.3) is 0 Å². The van der Waals surface area contributed by atoms with E-state index in [1.807, 2.05) is 0 Å². The lowest BCUT2D eigenvalue weighted by Crippen LogP contribution is -2.53. The summed E-state index contributed by atoms with van der Waals surface area (Å²) in [5, 5.41) is 0. The highest BCUT2D eigenvalue weighted by Crippen LogP contribution is 2.26. The zero-order valence-corrected chi connectivity index (χ0v) is 6.42. The van der Waals surface area contributed by atoms with Crippen molar-refractivity contribution in [2.24, 2.45) is 5.73 Å². The smallest absolute Gasteiger partial charge is 0.0247 e. The molecule has 0 aromatic carbocycles. The molecule has 1 aliphatic heterocycles. The normalized spacial score (nSPS) is 41.7. The minimum atomic E-state index is 0.498. The molecule has 10 heavy (non-hydrogen) atoms. The van der Waals surface area contributed by atoms with Crippen molar-refractivity contribution in [3.8, 4) is 0 Å². The van der Waals surface area contributed by atoms with Crippen molar-refractivity contribution < 1.29 is 0 Å². The SMILES string of the molecule is N[C@H]1CC[C@@H]1N1CCCC1. The molecule has 2 atom stereocenters. The Balaban J connectivity index is 1.86. The first-order valence-corrected chi connectivity index (χ1v) is 4.37. The lowest BCUT2D eigenvalue weighted by molar-refractivity contribution is 0.131. The highest BCUT2D eigenvalue weighted by molar-refractivity contribution is 4.93. The number of nitrogens with two attached hydrogens (primary N) is 1. The molecule has 0 spiro atoms. The Labute approximate surface area is 62.4 Å². The van der Waals surface area contributed by atoms with Crippen molar-refractivity contribution >= 4 is 0 Å². The molecule has 2 nitrogen and oxygen atoms in total. The Kier molecular flexibility index (Phi) is 1.66. The first-order chi connectivity index (χ1) is 4.88. The third-order valence-corrected chi connectivity index (χ3v) is 2.90. The second kappa shape index (κ2) is 2.51. The molecule has 2 aliphatic rings. The highest BCUT2D eigenvalue weighted by Gasteiger charge is 2.33. The molecule has 1 saturated heterocycles. The fraction of sp³-hybridized carbons (Fsp3) is 1.00. The number of rotatable bonds is 1. The number of nitrogens with zero attached hydrogens (tertiary/aromatic N) is 1. The molecule has 1 saturated carbocycles. The van der Waals surface area contributed by atoms with Crippen molar-refractivity contribution in [3.63, 3.8) is 0 Å². The average Bonchev–Trinajstić information content (AvgIpc) is 2.37. The molecule has 0 unspecified atom stereocenters. The zero-order valence-electron chi connectivity index (χ0n) is 6.42. The van der Waals surface area contributed by atoms with Crippen LogP contribution in [0.5, 0.6) is 0 Å². The van der Waals surface area contributed by atoms with Gasteiger partial charge in [-0.1, -0.05) is 0 Å². The van der Waals surface area contributed by atoms with Crippen LogP contribution in [-0.2, 0) is 0 Å². The Morgan fingerprint density at radius 1 is 1.10 bits per heavy atom. The molecule has 58 valence electrons. The van der Waals surface area contributed by atoms with E-state index < -0.39 is 0 Å². The summed E-state index contributed by atoms with van der Waals surface area (Å²) in [5.74, 6) is 0. The molecule has 1 aliphatic carbocycles. The van der Waals surface area contributed by atoms with Gasteiger partial charge in [-0.2, -0.15) is 0 Å². The maximum Gasteiger partial charge on any atom is 0.0247 e. The quantitative estimate of drug-likeness (QED) is 0.577. The molecule has 1 heterocycles. The Hall–Kier alpha value is -0.0800. The van der Waals surface area contributed by atoms with E-state index >= 15 is 0 Å². The van der Waals surface area contributed by atoms with Crippen LogP contribution in [0.2, 0.25) is 0 Å². The van der Waals surface area contributed by atoms with E-state index in [9.17, 15) is 0 Å². The van der Waals surface area contributed by atoms with Gasteiger partial charge in [0, 0.05) is 12.1 Å². The van der Waals surface area contributed by atoms with E-state index in [4.69, 9.17) is 5.73 Å². The molecule has 0 bridgehead atoms. The third-order valence-electron chi connectivity index (χ3n) is 2.90. The molecule has 0 radical (unpaired) electrons. The standard InChI is InChI=1S/C8H16N2/c9-7-3-4-8(7)10-5-1-2-6-10/h7-8H,1-6,9H2/t7-,8-/m0/s1. The maximum absolute atomic E-state index is 5.86. The first-order valence-electron chi connectivity index (χ1n) is 4.37. The van der Waals surface area contributed by atoms with E-state index in [0.29, 0.717) is 6.04 Å². The average molecular weight is 140 g/mol. The second-order valence-electron chi connectivity index (χ2n) is 3.55. The maximum atomic E-state index is 5.86. The highest BCUT2D eigenvalue weighted by atomic mass is 15.2. The van der Waals surface area contributed by atoms with Crippen LogP contribution in [0, 0.1) is 0 Å². The van der Waals surface area contributed by atoms with Gasteiger partial charge in [-0.3, -0.25) is 4.90 Å². The van der Waals surface area contributed by atoms with E-state index in [1.165, 1.54) is 38.8 Å². The lowest BCUT2D eigenvalue weighted by atomic mass is 9.86. The van der Waals surface area contributed by atoms with Gasteiger partial charge in [0.1, 0.15) is 0 Å². The van der Waals surface area contributed by atoms with Crippen LogP contribution >= 0.6 is 0 Å². The molecular formula is C8H16N2. The summed E-state index contributed by atoms with van der Waals surface area (Å²) in [6, 6.07) is 1.25. The molecule has 2 heteroatoms. The van der Waals surface area contributed by atoms with Crippen molar-refractivity contribution in [3.05, 3.63) is 0 Å². The third kappa shape index (κ3) is 0.956. The summed E-state index contributed by atoms with van der Waals surface area (Å²) >= 11 is 0. The largest absolute Gasteiger partial charge is 0.326 e. The Morgan fingerprint density at radius 3 is 2.20 bits per heavy atom. The van der Waals surface area contributed by atoms with E-state index in [-0.39, 0.29) is 0 Å². The predicted octanol–water partition coefficient (Wildman–Crippen LogP) is 0.572. The molecule has 0 aromatic rings. The second-order valence-corrected chi connectivity index (χ2v) is 3.55. The van der Waals surface area contributed by atoms with Crippen molar-refractivity contribution in [1.82, 2.24) is 4.90 Å². The van der Waals surface area contributed by atoms with Crippen molar-refractivity contribution in [1.29, 1.82) is 0 Å². The minimum absolute atomic E-state index is 0.498. The van der Waals surface area contributed by atoms with Gasteiger partial charge in [-0.05, 0) is 38.8 Å². The summed E-state index contributed by atoms with van der Waals surface area (Å²) < 4.78 is 0. The van der Waals surface area contributed by atoms with Crippen molar-refractivity contribution in [2.45, 2.75) is 37.8 Å². The van der Waals surface area contributed by atoms with Gasteiger partial charge in [0.05, 0.1) is 0 Å². The van der Waals surface area contributed by atoms with Gasteiger partial charge in [0.2, 0.25) is 0 Å². The monoisotopic (exact) mass is 140 g/mol. The van der Waals surface area contributed by atoms with Gasteiger partial charge in [-0.15, -0.1) is 0 Å². The fourth-order valence-electron chi connectivity index (χ4n) is 2.03. The van der Waals surface area contributed by atoms with E-state index in [1.54, 1.807) is 0 Å². The first kappa shape index (κ1) is 6.62. The van der Waals surface area contributed by atoms with Crippen LogP contribution in [0.1, 0.15) is 25.7 Å². The minimum Gasteiger partial charge on any atom is -0.326 e. The number of likely N-dealkylation sites (tertiary alicyclic amines) is 1. The van der Waals surface area contributed by atoms with Crippen LogP contribution in [-0.4, -0.2) is 30.1 Å². The van der Waals surface area contributed by atoms with E-state index in [2.05, 4.69) is 4.90 Å². The fourth-order valence-corrected chi connectivity index (χ4v) is 2.03. The Bertz CT molecular complexity index is 118.